The second-order valence-electron chi connectivity index (χ2n) is 4.09. The Balaban J connectivity index is 2.43. The van der Waals surface area contributed by atoms with Crippen LogP contribution in [0, 0.1) is 6.92 Å². The van der Waals surface area contributed by atoms with Crippen LogP contribution in [0.4, 0.5) is 0 Å². The summed E-state index contributed by atoms with van der Waals surface area (Å²) in [7, 11) is 0. The van der Waals surface area contributed by atoms with E-state index in [1.165, 1.54) is 12.3 Å². The number of aromatic nitrogens is 2. The van der Waals surface area contributed by atoms with Crippen LogP contribution in [0.2, 0.25) is 5.02 Å². The summed E-state index contributed by atoms with van der Waals surface area (Å²) in [5, 5.41) is 16.2. The minimum Gasteiger partial charge on any atom is -0.507 e. The van der Waals surface area contributed by atoms with Gasteiger partial charge in [0.1, 0.15) is 11.4 Å². The van der Waals surface area contributed by atoms with Gasteiger partial charge >= 0.3 is 0 Å². The van der Waals surface area contributed by atoms with Crippen molar-refractivity contribution in [3.63, 3.8) is 0 Å². The predicted molar refractivity (Wildman–Crippen MR) is 63.3 cm³/mol. The molecule has 0 saturated heterocycles. The van der Waals surface area contributed by atoms with Gasteiger partial charge in [-0.05, 0) is 18.6 Å². The second-order valence-corrected chi connectivity index (χ2v) is 4.47. The van der Waals surface area contributed by atoms with Gasteiger partial charge in [0.05, 0.1) is 27.9 Å². The van der Waals surface area contributed by atoms with Gasteiger partial charge in [-0.2, -0.15) is 5.10 Å². The molecule has 2 N–H and O–H groups in total. The van der Waals surface area contributed by atoms with Gasteiger partial charge in [0, 0.05) is 0 Å². The lowest BCUT2D eigenvalue weighted by molar-refractivity contribution is 0.0974. The fourth-order valence-electron chi connectivity index (χ4n) is 2.11. The Hall–Kier alpha value is -2.14. The van der Waals surface area contributed by atoms with E-state index in [0.717, 1.165) is 0 Å². The Bertz CT molecular complexity index is 718. The van der Waals surface area contributed by atoms with Crippen molar-refractivity contribution in [1.82, 2.24) is 10.2 Å². The number of ketones is 2. The largest absolute Gasteiger partial charge is 0.507 e. The molecule has 0 unspecified atom stereocenters. The number of carbonyl (C=O) groups is 2. The van der Waals surface area contributed by atoms with Crippen LogP contribution in [0.3, 0.4) is 0 Å². The lowest BCUT2D eigenvalue weighted by Crippen LogP contribution is -2.21. The van der Waals surface area contributed by atoms with Crippen molar-refractivity contribution in [3.8, 4) is 5.75 Å². The number of benzene rings is 1. The monoisotopic (exact) mass is 262 g/mol. The van der Waals surface area contributed by atoms with E-state index in [1.54, 1.807) is 6.92 Å². The van der Waals surface area contributed by atoms with Gasteiger partial charge in [-0.1, -0.05) is 11.6 Å². The zero-order chi connectivity index (χ0) is 13.0. The number of nitrogens with zero attached hydrogens (tertiary/aromatic N) is 1. The molecule has 0 aliphatic heterocycles. The number of H-pyrrole nitrogens is 1. The van der Waals surface area contributed by atoms with Crippen molar-refractivity contribution in [3.05, 3.63) is 45.2 Å². The van der Waals surface area contributed by atoms with Crippen LogP contribution in [-0.2, 0) is 0 Å². The molecule has 18 heavy (non-hydrogen) atoms. The molecule has 0 saturated carbocycles. The second kappa shape index (κ2) is 3.43. The van der Waals surface area contributed by atoms with E-state index in [9.17, 15) is 14.7 Å². The zero-order valence-electron chi connectivity index (χ0n) is 9.24. The summed E-state index contributed by atoms with van der Waals surface area (Å²) in [4.78, 5) is 24.4. The Labute approximate surface area is 106 Å². The van der Waals surface area contributed by atoms with E-state index in [0.29, 0.717) is 5.56 Å². The Morgan fingerprint density at radius 1 is 1.28 bits per heavy atom. The maximum atomic E-state index is 12.2. The number of hydrogen-bond donors (Lipinski definition) is 2. The van der Waals surface area contributed by atoms with Crippen molar-refractivity contribution in [1.29, 1.82) is 0 Å². The van der Waals surface area contributed by atoms with Crippen LogP contribution in [0.1, 0.15) is 37.5 Å². The van der Waals surface area contributed by atoms with Gasteiger partial charge in [-0.3, -0.25) is 14.7 Å². The van der Waals surface area contributed by atoms with Gasteiger partial charge in [0.2, 0.25) is 5.78 Å². The molecule has 1 aromatic heterocycles. The molecular formula is C12H7ClN2O3. The smallest absolute Gasteiger partial charge is 0.216 e. The third kappa shape index (κ3) is 1.19. The molecule has 0 fully saturated rings. The number of aromatic amines is 1. The SMILES string of the molecule is Cc1cc(O)c2c(c1Cl)C(=O)c1cn[nH]c1C2=O. The predicted octanol–water partition coefficient (Wildman–Crippen LogP) is 1.85. The molecule has 2 aromatic rings. The highest BCUT2D eigenvalue weighted by atomic mass is 35.5. The molecule has 90 valence electrons. The fraction of sp³-hybridized carbons (Fsp3) is 0.0833. The number of fused-ring (bicyclic) bond motifs is 2. The Morgan fingerprint density at radius 3 is 2.72 bits per heavy atom. The van der Waals surface area contributed by atoms with E-state index in [-0.39, 0.29) is 33.2 Å². The van der Waals surface area contributed by atoms with Crippen LogP contribution in [0.5, 0.6) is 5.75 Å². The zero-order valence-corrected chi connectivity index (χ0v) is 10.00. The van der Waals surface area contributed by atoms with E-state index in [4.69, 9.17) is 11.6 Å². The van der Waals surface area contributed by atoms with Crippen molar-refractivity contribution in [2.45, 2.75) is 6.92 Å². The first kappa shape index (κ1) is 11.0. The standard InChI is InChI=1S/C12H7ClN2O3/c1-4-2-6(16)7-8(9(4)13)11(17)5-3-14-15-10(5)12(7)18/h2-3,16H,1H3,(H,14,15). The first-order valence-electron chi connectivity index (χ1n) is 5.17. The summed E-state index contributed by atoms with van der Waals surface area (Å²) in [6.45, 7) is 1.66. The first-order valence-corrected chi connectivity index (χ1v) is 5.55. The summed E-state index contributed by atoms with van der Waals surface area (Å²) >= 11 is 6.06. The van der Waals surface area contributed by atoms with Crippen molar-refractivity contribution < 1.29 is 14.7 Å². The van der Waals surface area contributed by atoms with E-state index in [2.05, 4.69) is 10.2 Å². The van der Waals surface area contributed by atoms with Crippen LogP contribution in [-0.4, -0.2) is 26.9 Å². The molecule has 1 aromatic carbocycles. The van der Waals surface area contributed by atoms with E-state index >= 15 is 0 Å². The minimum atomic E-state index is -0.475. The van der Waals surface area contributed by atoms with Crippen molar-refractivity contribution in [2.24, 2.45) is 0 Å². The minimum absolute atomic E-state index is 0.0491. The number of hydrogen-bond acceptors (Lipinski definition) is 4. The van der Waals surface area contributed by atoms with Gasteiger partial charge < -0.3 is 5.11 Å². The molecule has 0 atom stereocenters. The average molecular weight is 263 g/mol. The lowest BCUT2D eigenvalue weighted by atomic mass is 9.86. The highest BCUT2D eigenvalue weighted by Gasteiger charge is 2.36. The highest BCUT2D eigenvalue weighted by molar-refractivity contribution is 6.39. The number of phenolic OH excluding ortho intramolecular Hbond substituents is 1. The number of rotatable bonds is 0. The molecule has 0 radical (unpaired) electrons. The Morgan fingerprint density at radius 2 is 2.00 bits per heavy atom. The number of aryl methyl sites for hydroxylation is 1. The number of halogens is 1. The summed E-state index contributed by atoms with van der Waals surface area (Å²) in [6, 6.07) is 1.37. The average Bonchev–Trinajstić information content (AvgIpc) is 2.80. The van der Waals surface area contributed by atoms with Crippen LogP contribution in [0.25, 0.3) is 0 Å². The quantitative estimate of drug-likeness (QED) is 0.648. The maximum Gasteiger partial charge on any atom is 0.216 e. The molecule has 3 rings (SSSR count). The third-order valence-corrected chi connectivity index (χ3v) is 3.48. The normalized spacial score (nSPS) is 13.4. The molecule has 1 aliphatic rings. The van der Waals surface area contributed by atoms with Crippen LogP contribution in [0.15, 0.2) is 12.3 Å². The fourth-order valence-corrected chi connectivity index (χ4v) is 2.34. The summed E-state index contributed by atoms with van der Waals surface area (Å²) in [5.41, 5.74) is 0.795. The van der Waals surface area contributed by atoms with Crippen molar-refractivity contribution in [2.75, 3.05) is 0 Å². The molecule has 6 heteroatoms. The Kier molecular flexibility index (Phi) is 2.09. The lowest BCUT2D eigenvalue weighted by Gasteiger charge is -2.17. The molecule has 0 amide bonds. The molecule has 0 bridgehead atoms. The topological polar surface area (TPSA) is 83.0 Å². The van der Waals surface area contributed by atoms with E-state index in [1.807, 2.05) is 0 Å². The van der Waals surface area contributed by atoms with Crippen molar-refractivity contribution >= 4 is 23.2 Å². The number of phenols is 1. The number of nitrogens with one attached hydrogen (secondary N) is 1. The van der Waals surface area contributed by atoms with Gasteiger partial charge in [0.25, 0.3) is 0 Å². The van der Waals surface area contributed by atoms with Gasteiger partial charge in [-0.25, -0.2) is 0 Å². The summed E-state index contributed by atoms with van der Waals surface area (Å²) in [6.07, 6.45) is 1.29. The van der Waals surface area contributed by atoms with Crippen LogP contribution >= 0.6 is 11.6 Å². The molecule has 5 nitrogen and oxygen atoms in total. The van der Waals surface area contributed by atoms with Gasteiger partial charge in [0.15, 0.2) is 5.78 Å². The molecular weight excluding hydrogens is 256 g/mol. The van der Waals surface area contributed by atoms with Gasteiger partial charge in [-0.15, -0.1) is 0 Å². The third-order valence-electron chi connectivity index (χ3n) is 2.99. The molecule has 1 aliphatic carbocycles. The molecule has 1 heterocycles. The van der Waals surface area contributed by atoms with Crippen LogP contribution < -0.4 is 0 Å². The number of carbonyl (C=O) groups excluding carboxylic acids is 2. The summed E-state index contributed by atoms with van der Waals surface area (Å²) in [5.74, 6) is -1.13. The molecule has 0 spiro atoms. The number of aromatic hydroxyl groups is 1. The first-order chi connectivity index (χ1) is 8.52. The highest BCUT2D eigenvalue weighted by Crippen LogP contribution is 2.37. The summed E-state index contributed by atoms with van der Waals surface area (Å²) < 4.78 is 0. The van der Waals surface area contributed by atoms with E-state index < -0.39 is 11.6 Å². The maximum absolute atomic E-state index is 12.2.